The lowest BCUT2D eigenvalue weighted by Crippen LogP contribution is -2.11. The van der Waals surface area contributed by atoms with Crippen molar-refractivity contribution >= 4 is 0 Å². The highest BCUT2D eigenvalue weighted by atomic mass is 16.5. The van der Waals surface area contributed by atoms with Gasteiger partial charge in [0.1, 0.15) is 11.5 Å². The van der Waals surface area contributed by atoms with Crippen LogP contribution >= 0.6 is 0 Å². The van der Waals surface area contributed by atoms with E-state index in [1.807, 2.05) is 24.3 Å². The SMILES string of the molecule is CO[C@H](CCCCc1ccc(O)cc1)CCc1ccc(O)cc1. The first-order valence-electron chi connectivity index (χ1n) is 8.26. The van der Waals surface area contributed by atoms with E-state index < -0.39 is 0 Å². The average Bonchev–Trinajstić information content (AvgIpc) is 2.57. The van der Waals surface area contributed by atoms with Crippen LogP contribution in [0.2, 0.25) is 0 Å². The molecular formula is C20H26O3. The van der Waals surface area contributed by atoms with Crippen molar-refractivity contribution in [3.05, 3.63) is 59.7 Å². The summed E-state index contributed by atoms with van der Waals surface area (Å²) in [6.07, 6.45) is 6.61. The van der Waals surface area contributed by atoms with Crippen LogP contribution in [0.1, 0.15) is 36.8 Å². The first-order valence-corrected chi connectivity index (χ1v) is 8.26. The molecule has 0 amide bonds. The number of aryl methyl sites for hydroxylation is 2. The third-order valence-corrected chi connectivity index (χ3v) is 4.20. The highest BCUT2D eigenvalue weighted by molar-refractivity contribution is 5.26. The molecule has 2 aromatic carbocycles. The van der Waals surface area contributed by atoms with Crippen molar-refractivity contribution in [3.8, 4) is 11.5 Å². The summed E-state index contributed by atoms with van der Waals surface area (Å²) < 4.78 is 5.58. The quantitative estimate of drug-likeness (QED) is 0.672. The lowest BCUT2D eigenvalue weighted by molar-refractivity contribution is 0.0860. The highest BCUT2D eigenvalue weighted by Gasteiger charge is 2.08. The summed E-state index contributed by atoms with van der Waals surface area (Å²) in [6, 6.07) is 14.8. The third kappa shape index (κ3) is 6.33. The lowest BCUT2D eigenvalue weighted by atomic mass is 10.0. The molecule has 0 aliphatic carbocycles. The van der Waals surface area contributed by atoms with E-state index in [-0.39, 0.29) is 6.10 Å². The second-order valence-corrected chi connectivity index (χ2v) is 5.98. The third-order valence-electron chi connectivity index (χ3n) is 4.20. The number of hydrogen-bond acceptors (Lipinski definition) is 3. The minimum Gasteiger partial charge on any atom is -0.508 e. The van der Waals surface area contributed by atoms with E-state index in [1.165, 1.54) is 11.1 Å². The van der Waals surface area contributed by atoms with Crippen LogP contribution in [0.25, 0.3) is 0 Å². The first-order chi connectivity index (χ1) is 11.2. The van der Waals surface area contributed by atoms with E-state index in [9.17, 15) is 10.2 Å². The van der Waals surface area contributed by atoms with Crippen LogP contribution in [0.3, 0.4) is 0 Å². The van der Waals surface area contributed by atoms with Gasteiger partial charge >= 0.3 is 0 Å². The van der Waals surface area contributed by atoms with Crippen LogP contribution in [-0.2, 0) is 17.6 Å². The predicted octanol–water partition coefficient (Wildman–Crippen LogP) is 4.46. The zero-order chi connectivity index (χ0) is 16.5. The van der Waals surface area contributed by atoms with Crippen LogP contribution in [0.5, 0.6) is 11.5 Å². The van der Waals surface area contributed by atoms with Crippen LogP contribution in [0.15, 0.2) is 48.5 Å². The van der Waals surface area contributed by atoms with E-state index in [1.54, 1.807) is 31.4 Å². The van der Waals surface area contributed by atoms with Crippen molar-refractivity contribution < 1.29 is 14.9 Å². The van der Waals surface area contributed by atoms with Gasteiger partial charge < -0.3 is 14.9 Å². The monoisotopic (exact) mass is 314 g/mol. The molecule has 1 atom stereocenters. The Bertz CT molecular complexity index is 560. The largest absolute Gasteiger partial charge is 0.508 e. The van der Waals surface area contributed by atoms with Crippen LogP contribution in [-0.4, -0.2) is 23.4 Å². The van der Waals surface area contributed by atoms with Crippen molar-refractivity contribution in [1.29, 1.82) is 0 Å². The van der Waals surface area contributed by atoms with Crippen molar-refractivity contribution in [2.45, 2.75) is 44.6 Å². The van der Waals surface area contributed by atoms with Crippen LogP contribution < -0.4 is 0 Å². The molecule has 0 spiro atoms. The Hall–Kier alpha value is -2.00. The molecule has 0 aliphatic rings. The molecule has 23 heavy (non-hydrogen) atoms. The Balaban J connectivity index is 1.66. The summed E-state index contributed by atoms with van der Waals surface area (Å²) in [7, 11) is 1.78. The standard InChI is InChI=1S/C20H26O3/c1-23-20(15-10-17-8-13-19(22)14-9-17)5-3-2-4-16-6-11-18(21)12-7-16/h6-9,11-14,20-22H,2-5,10,15H2,1H3/t20-/m1/s1. The number of unbranched alkanes of at least 4 members (excludes halogenated alkanes) is 1. The molecule has 3 nitrogen and oxygen atoms in total. The highest BCUT2D eigenvalue weighted by Crippen LogP contribution is 2.17. The Labute approximate surface area is 138 Å². The fourth-order valence-corrected chi connectivity index (χ4v) is 2.73. The van der Waals surface area contributed by atoms with E-state index in [0.717, 1.165) is 38.5 Å². The Morgan fingerprint density at radius 2 is 1.26 bits per heavy atom. The zero-order valence-corrected chi connectivity index (χ0v) is 13.7. The van der Waals surface area contributed by atoms with E-state index in [2.05, 4.69) is 0 Å². The summed E-state index contributed by atoms with van der Waals surface area (Å²) in [5.41, 5.74) is 2.50. The second-order valence-electron chi connectivity index (χ2n) is 5.98. The van der Waals surface area contributed by atoms with E-state index in [0.29, 0.717) is 11.5 Å². The zero-order valence-electron chi connectivity index (χ0n) is 13.7. The topological polar surface area (TPSA) is 49.7 Å². The maximum Gasteiger partial charge on any atom is 0.115 e. The van der Waals surface area contributed by atoms with Gasteiger partial charge in [-0.15, -0.1) is 0 Å². The number of phenols is 2. The molecule has 2 rings (SSSR count). The van der Waals surface area contributed by atoms with Gasteiger partial charge in [0.15, 0.2) is 0 Å². The summed E-state index contributed by atoms with van der Waals surface area (Å²) >= 11 is 0. The number of aromatic hydroxyl groups is 2. The van der Waals surface area contributed by atoms with Gasteiger partial charge in [-0.1, -0.05) is 30.7 Å². The molecule has 0 radical (unpaired) electrons. The van der Waals surface area contributed by atoms with Crippen molar-refractivity contribution in [2.75, 3.05) is 7.11 Å². The maximum atomic E-state index is 9.29. The van der Waals surface area contributed by atoms with Gasteiger partial charge in [-0.3, -0.25) is 0 Å². The number of benzene rings is 2. The fraction of sp³-hybridized carbons (Fsp3) is 0.400. The molecule has 2 aromatic rings. The Morgan fingerprint density at radius 3 is 1.78 bits per heavy atom. The molecule has 0 aromatic heterocycles. The predicted molar refractivity (Wildman–Crippen MR) is 92.9 cm³/mol. The molecule has 2 N–H and O–H groups in total. The molecule has 0 saturated carbocycles. The number of methoxy groups -OCH3 is 1. The molecular weight excluding hydrogens is 288 g/mol. The van der Waals surface area contributed by atoms with E-state index >= 15 is 0 Å². The normalized spacial score (nSPS) is 12.2. The van der Waals surface area contributed by atoms with E-state index in [4.69, 9.17) is 4.74 Å². The van der Waals surface area contributed by atoms with Crippen LogP contribution in [0.4, 0.5) is 0 Å². The number of phenolic OH excluding ortho intramolecular Hbond substituents is 2. The molecule has 0 heterocycles. The van der Waals surface area contributed by atoms with Gasteiger partial charge in [0.05, 0.1) is 6.10 Å². The summed E-state index contributed by atoms with van der Waals surface area (Å²) in [5.74, 6) is 0.633. The van der Waals surface area contributed by atoms with Crippen LogP contribution in [0, 0.1) is 0 Å². The van der Waals surface area contributed by atoms with Gasteiger partial charge in [-0.25, -0.2) is 0 Å². The van der Waals surface area contributed by atoms with Gasteiger partial charge in [-0.05, 0) is 67.5 Å². The molecule has 0 aliphatic heterocycles. The number of rotatable bonds is 9. The minimum atomic E-state index is 0.281. The van der Waals surface area contributed by atoms with Gasteiger partial charge in [-0.2, -0.15) is 0 Å². The maximum absolute atomic E-state index is 9.29. The van der Waals surface area contributed by atoms with Gasteiger partial charge in [0, 0.05) is 7.11 Å². The molecule has 3 heteroatoms. The van der Waals surface area contributed by atoms with Gasteiger partial charge in [0.25, 0.3) is 0 Å². The Kier molecular flexibility index (Phi) is 6.95. The molecule has 0 bridgehead atoms. The fourth-order valence-electron chi connectivity index (χ4n) is 2.73. The van der Waals surface area contributed by atoms with Crippen molar-refractivity contribution in [2.24, 2.45) is 0 Å². The molecule has 0 unspecified atom stereocenters. The van der Waals surface area contributed by atoms with Crippen molar-refractivity contribution in [1.82, 2.24) is 0 Å². The summed E-state index contributed by atoms with van der Waals surface area (Å²) in [5, 5.41) is 18.6. The minimum absolute atomic E-state index is 0.281. The molecule has 0 saturated heterocycles. The Morgan fingerprint density at radius 1 is 0.739 bits per heavy atom. The van der Waals surface area contributed by atoms with Crippen molar-refractivity contribution in [3.63, 3.8) is 0 Å². The average molecular weight is 314 g/mol. The molecule has 0 fully saturated rings. The summed E-state index contributed by atoms with van der Waals surface area (Å²) in [4.78, 5) is 0. The van der Waals surface area contributed by atoms with Gasteiger partial charge in [0.2, 0.25) is 0 Å². The summed E-state index contributed by atoms with van der Waals surface area (Å²) in [6.45, 7) is 0. The molecule has 124 valence electrons. The lowest BCUT2D eigenvalue weighted by Gasteiger charge is -2.15. The smallest absolute Gasteiger partial charge is 0.115 e. The first kappa shape index (κ1) is 17.4. The number of ether oxygens (including phenoxy) is 1. The second kappa shape index (κ2) is 9.21. The number of hydrogen-bond donors (Lipinski definition) is 2.